The van der Waals surface area contributed by atoms with Crippen molar-refractivity contribution in [2.45, 2.75) is 39.3 Å². The summed E-state index contributed by atoms with van der Waals surface area (Å²) in [6.45, 7) is 5.98. The highest BCUT2D eigenvalue weighted by molar-refractivity contribution is 5.96. The first-order valence-corrected chi connectivity index (χ1v) is 8.86. The van der Waals surface area contributed by atoms with E-state index in [0.717, 1.165) is 29.9 Å². The Balaban J connectivity index is 1.75. The van der Waals surface area contributed by atoms with Crippen LogP contribution in [0.2, 0.25) is 0 Å². The average molecular weight is 376 g/mol. The molecule has 1 aliphatic heterocycles. The minimum Gasteiger partial charge on any atom is -0.492 e. The Bertz CT molecular complexity index is 857. The van der Waals surface area contributed by atoms with Crippen molar-refractivity contribution in [1.29, 1.82) is 0 Å². The highest BCUT2D eigenvalue weighted by Crippen LogP contribution is 2.38. The summed E-state index contributed by atoms with van der Waals surface area (Å²) < 4.78 is 38.2. The van der Waals surface area contributed by atoms with Crippen molar-refractivity contribution in [3.05, 3.63) is 47.5 Å². The maximum Gasteiger partial charge on any atom is 0.246 e. The van der Waals surface area contributed by atoms with E-state index < -0.39 is 23.6 Å². The summed E-state index contributed by atoms with van der Waals surface area (Å²) in [5.41, 5.74) is 1.60. The standard InChI is InChI=1S/C20H22F2N2O3/c1-4-26-19-8-13-7-11(2)27-18(13)10-17(19)23-12(3)20(25)24-16-6-5-14(21)9-15(16)22/h5-6,8-12,23H,4,7H2,1-3H3,(H,24,25)/t11-,12-/m1/s1. The summed E-state index contributed by atoms with van der Waals surface area (Å²) in [5, 5.41) is 5.53. The van der Waals surface area contributed by atoms with Crippen molar-refractivity contribution in [2.24, 2.45) is 0 Å². The average Bonchev–Trinajstić information content (AvgIpc) is 2.96. The van der Waals surface area contributed by atoms with Gasteiger partial charge in [0, 0.05) is 24.1 Å². The number of carbonyl (C=O) groups excluding carboxylic acids is 1. The zero-order valence-corrected chi connectivity index (χ0v) is 15.4. The van der Waals surface area contributed by atoms with Crippen molar-refractivity contribution < 1.29 is 23.0 Å². The first-order valence-electron chi connectivity index (χ1n) is 8.86. The van der Waals surface area contributed by atoms with Crippen molar-refractivity contribution in [1.82, 2.24) is 0 Å². The van der Waals surface area contributed by atoms with Gasteiger partial charge in [-0.3, -0.25) is 4.79 Å². The van der Waals surface area contributed by atoms with E-state index in [4.69, 9.17) is 9.47 Å². The highest BCUT2D eigenvalue weighted by atomic mass is 19.1. The number of hydrogen-bond donors (Lipinski definition) is 2. The lowest BCUT2D eigenvalue weighted by molar-refractivity contribution is -0.116. The quantitative estimate of drug-likeness (QED) is 0.796. The molecule has 0 aromatic heterocycles. The summed E-state index contributed by atoms with van der Waals surface area (Å²) in [7, 11) is 0. The number of ether oxygens (including phenoxy) is 2. The number of nitrogens with one attached hydrogen (secondary N) is 2. The van der Waals surface area contributed by atoms with Crippen LogP contribution in [-0.2, 0) is 11.2 Å². The molecular weight excluding hydrogens is 354 g/mol. The van der Waals surface area contributed by atoms with Gasteiger partial charge in [0.05, 0.1) is 18.0 Å². The van der Waals surface area contributed by atoms with Crippen LogP contribution in [0.3, 0.4) is 0 Å². The fourth-order valence-electron chi connectivity index (χ4n) is 2.96. The molecule has 2 aromatic carbocycles. The smallest absolute Gasteiger partial charge is 0.246 e. The summed E-state index contributed by atoms with van der Waals surface area (Å²) >= 11 is 0. The van der Waals surface area contributed by atoms with Gasteiger partial charge in [-0.2, -0.15) is 0 Å². The molecule has 1 heterocycles. The van der Waals surface area contributed by atoms with Crippen LogP contribution in [0.25, 0.3) is 0 Å². The fraction of sp³-hybridized carbons (Fsp3) is 0.350. The summed E-state index contributed by atoms with van der Waals surface area (Å²) in [6, 6.07) is 6.03. The van der Waals surface area contributed by atoms with Gasteiger partial charge >= 0.3 is 0 Å². The third-order valence-electron chi connectivity index (χ3n) is 4.25. The van der Waals surface area contributed by atoms with Gasteiger partial charge in [-0.1, -0.05) is 0 Å². The summed E-state index contributed by atoms with van der Waals surface area (Å²) in [4.78, 5) is 12.4. The number of benzene rings is 2. The molecule has 7 heteroatoms. The molecule has 2 aromatic rings. The van der Waals surface area contributed by atoms with Gasteiger partial charge in [0.2, 0.25) is 5.91 Å². The predicted octanol–water partition coefficient (Wildman–Crippen LogP) is 4.13. The third kappa shape index (κ3) is 4.30. The first kappa shape index (κ1) is 18.9. The van der Waals surface area contributed by atoms with E-state index in [1.807, 2.05) is 26.0 Å². The number of amides is 1. The van der Waals surface area contributed by atoms with Gasteiger partial charge in [-0.25, -0.2) is 8.78 Å². The highest BCUT2D eigenvalue weighted by Gasteiger charge is 2.23. The van der Waals surface area contributed by atoms with Gasteiger partial charge in [0.25, 0.3) is 0 Å². The topological polar surface area (TPSA) is 59.6 Å². The van der Waals surface area contributed by atoms with Crippen LogP contribution in [0.15, 0.2) is 30.3 Å². The van der Waals surface area contributed by atoms with E-state index in [-0.39, 0.29) is 11.8 Å². The Hall–Kier alpha value is -2.83. The lowest BCUT2D eigenvalue weighted by Gasteiger charge is -2.19. The Morgan fingerprint density at radius 1 is 1.30 bits per heavy atom. The van der Waals surface area contributed by atoms with Gasteiger partial charge in [-0.05, 0) is 39.0 Å². The van der Waals surface area contributed by atoms with Crippen LogP contribution in [0, 0.1) is 11.6 Å². The summed E-state index contributed by atoms with van der Waals surface area (Å²) in [5.74, 6) is -0.610. The van der Waals surface area contributed by atoms with E-state index in [1.165, 1.54) is 6.07 Å². The van der Waals surface area contributed by atoms with Crippen molar-refractivity contribution in [3.63, 3.8) is 0 Å². The van der Waals surface area contributed by atoms with Crippen LogP contribution in [-0.4, -0.2) is 24.7 Å². The van der Waals surface area contributed by atoms with E-state index in [9.17, 15) is 13.6 Å². The third-order valence-corrected chi connectivity index (χ3v) is 4.25. The molecule has 0 fully saturated rings. The van der Waals surface area contributed by atoms with Crippen molar-refractivity contribution >= 4 is 17.3 Å². The van der Waals surface area contributed by atoms with Gasteiger partial charge < -0.3 is 20.1 Å². The predicted molar refractivity (Wildman–Crippen MR) is 99.5 cm³/mol. The second kappa shape index (κ2) is 7.82. The molecule has 144 valence electrons. The Labute approximate surface area is 156 Å². The monoisotopic (exact) mass is 376 g/mol. The second-order valence-electron chi connectivity index (χ2n) is 6.50. The molecule has 0 spiro atoms. The largest absolute Gasteiger partial charge is 0.492 e. The van der Waals surface area contributed by atoms with Crippen molar-refractivity contribution in [2.75, 3.05) is 17.2 Å². The molecule has 0 saturated heterocycles. The molecule has 0 unspecified atom stereocenters. The number of halogens is 2. The number of fused-ring (bicyclic) bond motifs is 1. The SMILES string of the molecule is CCOc1cc2c(cc1N[C@H](C)C(=O)Nc1ccc(F)cc1F)O[C@H](C)C2. The van der Waals surface area contributed by atoms with E-state index >= 15 is 0 Å². The molecular formula is C20H22F2N2O3. The first-order chi connectivity index (χ1) is 12.9. The zero-order valence-electron chi connectivity index (χ0n) is 15.4. The van der Waals surface area contributed by atoms with E-state index in [1.54, 1.807) is 6.92 Å². The zero-order chi connectivity index (χ0) is 19.6. The maximum atomic E-state index is 13.7. The molecule has 0 aliphatic carbocycles. The number of anilines is 2. The molecule has 0 radical (unpaired) electrons. The molecule has 2 N–H and O–H groups in total. The minimum atomic E-state index is -0.828. The van der Waals surface area contributed by atoms with Gasteiger partial charge in [-0.15, -0.1) is 0 Å². The second-order valence-corrected chi connectivity index (χ2v) is 6.50. The fourth-order valence-corrected chi connectivity index (χ4v) is 2.96. The lowest BCUT2D eigenvalue weighted by Crippen LogP contribution is -2.32. The molecule has 0 saturated carbocycles. The van der Waals surface area contributed by atoms with Crippen LogP contribution in [0.5, 0.6) is 11.5 Å². The number of rotatable bonds is 6. The normalized spacial score (nSPS) is 16.3. The molecule has 0 bridgehead atoms. The number of carbonyl (C=O) groups is 1. The Kier molecular flexibility index (Phi) is 5.48. The Morgan fingerprint density at radius 2 is 2.07 bits per heavy atom. The Morgan fingerprint density at radius 3 is 2.78 bits per heavy atom. The van der Waals surface area contributed by atoms with E-state index in [2.05, 4.69) is 10.6 Å². The van der Waals surface area contributed by atoms with Gasteiger partial charge in [0.1, 0.15) is 35.3 Å². The van der Waals surface area contributed by atoms with E-state index in [0.29, 0.717) is 18.0 Å². The number of hydrogen-bond acceptors (Lipinski definition) is 4. The molecule has 5 nitrogen and oxygen atoms in total. The molecule has 1 aliphatic rings. The maximum absolute atomic E-state index is 13.7. The minimum absolute atomic E-state index is 0.0776. The molecule has 27 heavy (non-hydrogen) atoms. The van der Waals surface area contributed by atoms with Crippen LogP contribution in [0.1, 0.15) is 26.3 Å². The van der Waals surface area contributed by atoms with Crippen LogP contribution in [0.4, 0.5) is 20.2 Å². The van der Waals surface area contributed by atoms with Crippen LogP contribution < -0.4 is 20.1 Å². The van der Waals surface area contributed by atoms with Gasteiger partial charge in [0.15, 0.2) is 0 Å². The molecule has 2 atom stereocenters. The van der Waals surface area contributed by atoms with Crippen molar-refractivity contribution in [3.8, 4) is 11.5 Å². The molecule has 1 amide bonds. The molecule has 3 rings (SSSR count). The summed E-state index contributed by atoms with van der Waals surface area (Å²) in [6.07, 6.45) is 0.891. The lowest BCUT2D eigenvalue weighted by atomic mass is 10.1. The van der Waals surface area contributed by atoms with Crippen LogP contribution >= 0.6 is 0 Å².